The van der Waals surface area contributed by atoms with Crippen LogP contribution in [0.5, 0.6) is 0 Å². The SMILES string of the molecule is O=C(Nc1ccc(F)cc1I)c1cccn1C1CC1. The van der Waals surface area contributed by atoms with Crippen LogP contribution < -0.4 is 5.32 Å². The molecule has 1 fully saturated rings. The van der Waals surface area contributed by atoms with Gasteiger partial charge in [-0.05, 0) is 65.8 Å². The zero-order chi connectivity index (χ0) is 13.4. The van der Waals surface area contributed by atoms with Crippen LogP contribution in [0.3, 0.4) is 0 Å². The quantitative estimate of drug-likeness (QED) is 0.819. The van der Waals surface area contributed by atoms with E-state index in [0.717, 1.165) is 12.8 Å². The zero-order valence-electron chi connectivity index (χ0n) is 10.1. The lowest BCUT2D eigenvalue weighted by atomic mass is 10.3. The molecule has 98 valence electrons. The average Bonchev–Trinajstić information content (AvgIpc) is 3.10. The third kappa shape index (κ3) is 2.65. The lowest BCUT2D eigenvalue weighted by Gasteiger charge is -2.10. The summed E-state index contributed by atoms with van der Waals surface area (Å²) in [6, 6.07) is 8.48. The van der Waals surface area contributed by atoms with Gasteiger partial charge in [0, 0.05) is 15.8 Å². The number of nitrogens with one attached hydrogen (secondary N) is 1. The number of halogens is 2. The number of carbonyl (C=O) groups excluding carboxylic acids is 1. The molecule has 1 aliphatic carbocycles. The van der Waals surface area contributed by atoms with Crippen LogP contribution in [0.15, 0.2) is 36.5 Å². The Morgan fingerprint density at radius 2 is 2.16 bits per heavy atom. The molecule has 1 saturated carbocycles. The van der Waals surface area contributed by atoms with Crippen LogP contribution in [-0.2, 0) is 0 Å². The van der Waals surface area contributed by atoms with E-state index < -0.39 is 0 Å². The topological polar surface area (TPSA) is 34.0 Å². The lowest BCUT2D eigenvalue weighted by Crippen LogP contribution is -2.17. The van der Waals surface area contributed by atoms with E-state index in [1.807, 2.05) is 45.5 Å². The predicted molar refractivity (Wildman–Crippen MR) is 79.8 cm³/mol. The van der Waals surface area contributed by atoms with Gasteiger partial charge in [-0.2, -0.15) is 0 Å². The Morgan fingerprint density at radius 3 is 2.84 bits per heavy atom. The first-order valence-corrected chi connectivity index (χ1v) is 7.16. The van der Waals surface area contributed by atoms with Crippen LogP contribution in [0.2, 0.25) is 0 Å². The van der Waals surface area contributed by atoms with E-state index in [2.05, 4.69) is 5.32 Å². The van der Waals surface area contributed by atoms with Crippen molar-refractivity contribution in [2.24, 2.45) is 0 Å². The number of hydrogen-bond acceptors (Lipinski definition) is 1. The van der Waals surface area contributed by atoms with Crippen molar-refractivity contribution >= 4 is 34.2 Å². The van der Waals surface area contributed by atoms with Crippen LogP contribution in [0.1, 0.15) is 29.4 Å². The van der Waals surface area contributed by atoms with Gasteiger partial charge in [-0.25, -0.2) is 4.39 Å². The molecule has 1 aromatic heterocycles. The summed E-state index contributed by atoms with van der Waals surface area (Å²) in [5.41, 5.74) is 1.29. The van der Waals surface area contributed by atoms with Crippen molar-refractivity contribution in [3.63, 3.8) is 0 Å². The summed E-state index contributed by atoms with van der Waals surface area (Å²) in [7, 11) is 0. The second kappa shape index (κ2) is 4.96. The maximum atomic E-state index is 13.0. The fraction of sp³-hybridized carbons (Fsp3) is 0.214. The van der Waals surface area contributed by atoms with Gasteiger partial charge in [0.1, 0.15) is 11.5 Å². The minimum Gasteiger partial charge on any atom is -0.340 e. The highest BCUT2D eigenvalue weighted by Gasteiger charge is 2.26. The summed E-state index contributed by atoms with van der Waals surface area (Å²) in [5, 5.41) is 2.83. The number of carbonyl (C=O) groups is 1. The van der Waals surface area contributed by atoms with Crippen molar-refractivity contribution in [3.05, 3.63) is 51.6 Å². The van der Waals surface area contributed by atoms with E-state index >= 15 is 0 Å². The molecule has 0 spiro atoms. The molecule has 5 heteroatoms. The molecule has 0 aliphatic heterocycles. The Labute approximate surface area is 124 Å². The van der Waals surface area contributed by atoms with Gasteiger partial charge in [0.15, 0.2) is 0 Å². The average molecular weight is 370 g/mol. The highest BCUT2D eigenvalue weighted by atomic mass is 127. The Bertz CT molecular complexity index is 634. The van der Waals surface area contributed by atoms with Gasteiger partial charge in [-0.15, -0.1) is 0 Å². The standard InChI is InChI=1S/C14H12FIN2O/c15-9-3-6-12(11(16)8-9)17-14(19)13-2-1-7-18(13)10-4-5-10/h1-3,6-8,10H,4-5H2,(H,17,19). The number of nitrogens with zero attached hydrogens (tertiary/aromatic N) is 1. The molecule has 1 amide bonds. The summed E-state index contributed by atoms with van der Waals surface area (Å²) in [6.45, 7) is 0. The van der Waals surface area contributed by atoms with E-state index in [-0.39, 0.29) is 11.7 Å². The number of benzene rings is 1. The molecule has 3 nitrogen and oxygen atoms in total. The number of rotatable bonds is 3. The highest BCUT2D eigenvalue weighted by molar-refractivity contribution is 14.1. The molecule has 0 radical (unpaired) electrons. The molecule has 3 rings (SSSR count). The fourth-order valence-electron chi connectivity index (χ4n) is 2.03. The van der Waals surface area contributed by atoms with Gasteiger partial charge in [0.25, 0.3) is 5.91 Å². The van der Waals surface area contributed by atoms with Crippen LogP contribution in [0, 0.1) is 9.39 Å². The number of hydrogen-bond donors (Lipinski definition) is 1. The molecule has 0 saturated heterocycles. The van der Waals surface area contributed by atoms with Gasteiger partial charge < -0.3 is 9.88 Å². The Kier molecular flexibility index (Phi) is 3.30. The van der Waals surface area contributed by atoms with E-state index in [0.29, 0.717) is 21.0 Å². The Hall–Kier alpha value is -1.37. The minimum atomic E-state index is -0.302. The van der Waals surface area contributed by atoms with Crippen molar-refractivity contribution in [2.45, 2.75) is 18.9 Å². The molecule has 0 bridgehead atoms. The van der Waals surface area contributed by atoms with Crippen molar-refractivity contribution in [2.75, 3.05) is 5.32 Å². The molecule has 1 heterocycles. The van der Waals surface area contributed by atoms with Crippen LogP contribution in [-0.4, -0.2) is 10.5 Å². The second-order valence-electron chi connectivity index (χ2n) is 4.61. The largest absolute Gasteiger partial charge is 0.340 e. The number of aromatic nitrogens is 1. The van der Waals surface area contributed by atoms with E-state index in [4.69, 9.17) is 0 Å². The first kappa shape index (κ1) is 12.7. The normalized spacial score (nSPS) is 14.4. The van der Waals surface area contributed by atoms with Crippen LogP contribution >= 0.6 is 22.6 Å². The molecule has 1 aromatic carbocycles. The minimum absolute atomic E-state index is 0.151. The Balaban J connectivity index is 1.82. The van der Waals surface area contributed by atoms with Gasteiger partial charge in [-0.3, -0.25) is 4.79 Å². The summed E-state index contributed by atoms with van der Waals surface area (Å²) < 4.78 is 15.7. The maximum absolute atomic E-state index is 13.0. The van der Waals surface area contributed by atoms with Gasteiger partial charge in [0.2, 0.25) is 0 Å². The molecule has 19 heavy (non-hydrogen) atoms. The van der Waals surface area contributed by atoms with E-state index in [1.54, 1.807) is 6.07 Å². The first-order valence-electron chi connectivity index (χ1n) is 6.08. The van der Waals surface area contributed by atoms with Gasteiger partial charge >= 0.3 is 0 Å². The van der Waals surface area contributed by atoms with Crippen LogP contribution in [0.4, 0.5) is 10.1 Å². The second-order valence-corrected chi connectivity index (χ2v) is 5.77. The molecular weight excluding hydrogens is 358 g/mol. The monoisotopic (exact) mass is 370 g/mol. The van der Waals surface area contributed by atoms with Crippen molar-refractivity contribution in [1.29, 1.82) is 0 Å². The first-order chi connectivity index (χ1) is 9.15. The van der Waals surface area contributed by atoms with Gasteiger partial charge in [-0.1, -0.05) is 0 Å². The molecule has 2 aromatic rings. The number of amides is 1. The van der Waals surface area contributed by atoms with Gasteiger partial charge in [0.05, 0.1) is 5.69 Å². The zero-order valence-corrected chi connectivity index (χ0v) is 12.2. The fourth-order valence-corrected chi connectivity index (χ4v) is 2.65. The van der Waals surface area contributed by atoms with Crippen LogP contribution in [0.25, 0.3) is 0 Å². The van der Waals surface area contributed by atoms with Crippen molar-refractivity contribution in [3.8, 4) is 0 Å². The van der Waals surface area contributed by atoms with E-state index in [9.17, 15) is 9.18 Å². The van der Waals surface area contributed by atoms with E-state index in [1.165, 1.54) is 12.1 Å². The van der Waals surface area contributed by atoms with Crippen molar-refractivity contribution < 1.29 is 9.18 Å². The third-order valence-electron chi connectivity index (χ3n) is 3.13. The number of anilines is 1. The Morgan fingerprint density at radius 1 is 1.37 bits per heavy atom. The molecular formula is C14H12FIN2O. The summed E-state index contributed by atoms with van der Waals surface area (Å²) in [6.07, 6.45) is 4.19. The summed E-state index contributed by atoms with van der Waals surface area (Å²) in [5.74, 6) is -0.454. The smallest absolute Gasteiger partial charge is 0.272 e. The molecule has 0 atom stereocenters. The maximum Gasteiger partial charge on any atom is 0.272 e. The molecule has 1 aliphatic rings. The molecule has 0 unspecified atom stereocenters. The predicted octanol–water partition coefficient (Wildman–Crippen LogP) is 3.82. The summed E-state index contributed by atoms with van der Waals surface area (Å²) in [4.78, 5) is 12.2. The highest BCUT2D eigenvalue weighted by Crippen LogP contribution is 2.36. The third-order valence-corrected chi connectivity index (χ3v) is 4.02. The molecule has 1 N–H and O–H groups in total. The summed E-state index contributed by atoms with van der Waals surface area (Å²) >= 11 is 2.01. The van der Waals surface area contributed by atoms with Crippen molar-refractivity contribution in [1.82, 2.24) is 4.57 Å². The lowest BCUT2D eigenvalue weighted by molar-refractivity contribution is 0.101.